The lowest BCUT2D eigenvalue weighted by Gasteiger charge is -1.87. The molecule has 1 nitrogen and oxygen atoms in total. The molecule has 1 unspecified atom stereocenters. The molecular weight excluding hydrogens is 107 g/mol. The van der Waals surface area contributed by atoms with Gasteiger partial charge in [0.1, 0.15) is 5.75 Å². The Balaban J connectivity index is 2.76. The number of methoxy groups -OCH3 is 1. The molecule has 1 aromatic heterocycles. The quantitative estimate of drug-likeness (QED) is 0.540. The van der Waals surface area contributed by atoms with Gasteiger partial charge in [0.05, 0.1) is 7.11 Å². The van der Waals surface area contributed by atoms with Gasteiger partial charge in [-0.25, -0.2) is 0 Å². The zero-order chi connectivity index (χ0) is 5.11. The minimum Gasteiger partial charge on any atom is -0.496 e. The van der Waals surface area contributed by atoms with Crippen LogP contribution in [0.25, 0.3) is 0 Å². The Morgan fingerprint density at radius 2 is 2.57 bits per heavy atom. The highest BCUT2D eigenvalue weighted by Gasteiger charge is 1.81. The monoisotopic (exact) mass is 114 g/mol. The highest BCUT2D eigenvalue weighted by molar-refractivity contribution is 7.28. The molecule has 0 radical (unpaired) electrons. The molecule has 0 aliphatic carbocycles. The molecule has 0 bridgehead atoms. The van der Waals surface area contributed by atoms with Crippen LogP contribution < -0.4 is 4.74 Å². The van der Waals surface area contributed by atoms with Gasteiger partial charge in [0.15, 0.2) is 0 Å². The van der Waals surface area contributed by atoms with Crippen LogP contribution in [0.5, 0.6) is 5.75 Å². The summed E-state index contributed by atoms with van der Waals surface area (Å²) in [6.45, 7) is 0. The first-order valence-corrected chi connectivity index (χ1v) is 3.26. The molecule has 0 aliphatic rings. The van der Waals surface area contributed by atoms with E-state index >= 15 is 0 Å². The second kappa shape index (κ2) is 2.04. The third kappa shape index (κ3) is 0.971. The summed E-state index contributed by atoms with van der Waals surface area (Å²) in [5.41, 5.74) is 0. The first-order valence-electron chi connectivity index (χ1n) is 2.10. The van der Waals surface area contributed by atoms with E-state index in [-0.39, 0.29) is 0 Å². The zero-order valence-corrected chi connectivity index (χ0v) is 5.14. The highest BCUT2D eigenvalue weighted by atomic mass is 31.0. The van der Waals surface area contributed by atoms with Gasteiger partial charge in [-0.05, 0) is 17.7 Å². The molecule has 0 aromatic carbocycles. The summed E-state index contributed by atoms with van der Waals surface area (Å²) in [6.07, 6.45) is 0. The normalized spacial score (nSPS) is 9.86. The maximum atomic E-state index is 4.89. The summed E-state index contributed by atoms with van der Waals surface area (Å²) < 4.78 is 4.89. The van der Waals surface area contributed by atoms with Crippen molar-refractivity contribution in [2.24, 2.45) is 0 Å². The lowest BCUT2D eigenvalue weighted by atomic mass is 10.6. The van der Waals surface area contributed by atoms with E-state index in [1.165, 1.54) is 0 Å². The lowest BCUT2D eigenvalue weighted by Crippen LogP contribution is -1.74. The fourth-order valence-electron chi connectivity index (χ4n) is 0.436. The second-order valence-corrected chi connectivity index (χ2v) is 2.21. The molecule has 0 amide bonds. The van der Waals surface area contributed by atoms with Gasteiger partial charge in [-0.3, -0.25) is 0 Å². The lowest BCUT2D eigenvalue weighted by molar-refractivity contribution is 0.417. The average molecular weight is 114 g/mol. The van der Waals surface area contributed by atoms with Gasteiger partial charge in [-0.15, -0.1) is 8.19 Å². The molecule has 1 aromatic rings. The Labute approximate surface area is 44.4 Å². The topological polar surface area (TPSA) is 9.23 Å². The van der Waals surface area contributed by atoms with Gasteiger partial charge >= 0.3 is 0 Å². The summed E-state index contributed by atoms with van der Waals surface area (Å²) in [6, 6.07) is 1.98. The van der Waals surface area contributed by atoms with Crippen LogP contribution in [0.4, 0.5) is 0 Å². The predicted molar refractivity (Wildman–Crippen MR) is 32.5 cm³/mol. The molecular formula is C5H7OP. The summed E-state index contributed by atoms with van der Waals surface area (Å²) >= 11 is 0. The van der Waals surface area contributed by atoms with Crippen molar-refractivity contribution in [1.82, 2.24) is 0 Å². The molecule has 1 rings (SSSR count). The third-order valence-electron chi connectivity index (χ3n) is 0.805. The number of ether oxygens (including phenoxy) is 1. The number of hydrogen-bond donors (Lipinski definition) is 0. The standard InChI is InChI=1S/C5H7OP/c1-6-5-2-3-7-4-5/h2-4,7H,1H3. The van der Waals surface area contributed by atoms with Crippen LogP contribution in [0.15, 0.2) is 17.7 Å². The minimum absolute atomic E-state index is 0.828. The van der Waals surface area contributed by atoms with Crippen molar-refractivity contribution in [3.05, 3.63) is 17.7 Å². The first-order chi connectivity index (χ1) is 3.43. The minimum atomic E-state index is 0.828. The maximum absolute atomic E-state index is 4.89. The van der Waals surface area contributed by atoms with E-state index in [0.717, 1.165) is 13.9 Å². The highest BCUT2D eigenvalue weighted by Crippen LogP contribution is 2.17. The van der Waals surface area contributed by atoms with Crippen LogP contribution in [0.3, 0.4) is 0 Å². The average Bonchev–Trinajstić information content (AvgIpc) is 2.14. The van der Waals surface area contributed by atoms with Gasteiger partial charge in [0.25, 0.3) is 0 Å². The predicted octanol–water partition coefficient (Wildman–Crippen LogP) is 1.73. The molecule has 0 N–H and O–H groups in total. The van der Waals surface area contributed by atoms with Crippen molar-refractivity contribution < 1.29 is 4.74 Å². The van der Waals surface area contributed by atoms with Crippen molar-refractivity contribution in [2.45, 2.75) is 0 Å². The third-order valence-corrected chi connectivity index (χ3v) is 1.62. The molecule has 38 valence electrons. The molecule has 0 aliphatic heterocycles. The van der Waals surface area contributed by atoms with Gasteiger partial charge in [0, 0.05) is 0 Å². The molecule has 0 fully saturated rings. The molecule has 2 heteroatoms. The van der Waals surface area contributed by atoms with E-state index in [4.69, 9.17) is 4.74 Å². The second-order valence-electron chi connectivity index (χ2n) is 1.25. The fraction of sp³-hybridized carbons (Fsp3) is 0.200. The van der Waals surface area contributed by atoms with E-state index in [1.54, 1.807) is 7.11 Å². The SMILES string of the molecule is COc1cc[pH]c1. The van der Waals surface area contributed by atoms with Crippen LogP contribution in [-0.4, -0.2) is 7.11 Å². The number of rotatable bonds is 1. The van der Waals surface area contributed by atoms with Crippen molar-refractivity contribution >= 4 is 8.19 Å². The van der Waals surface area contributed by atoms with Gasteiger partial charge < -0.3 is 4.74 Å². The van der Waals surface area contributed by atoms with Gasteiger partial charge in [-0.1, -0.05) is 0 Å². The number of hydrogen-bond acceptors (Lipinski definition) is 1. The Kier molecular flexibility index (Phi) is 1.38. The Hall–Kier alpha value is -0.420. The zero-order valence-electron chi connectivity index (χ0n) is 4.14. The smallest absolute Gasteiger partial charge is 0.122 e. The molecule has 0 saturated carbocycles. The maximum Gasteiger partial charge on any atom is 0.122 e. The van der Waals surface area contributed by atoms with Crippen molar-refractivity contribution in [3.8, 4) is 5.75 Å². The van der Waals surface area contributed by atoms with Gasteiger partial charge in [0.2, 0.25) is 0 Å². The summed E-state index contributed by atoms with van der Waals surface area (Å²) in [5, 5.41) is 0. The Morgan fingerprint density at radius 3 is 2.86 bits per heavy atom. The Bertz CT molecular complexity index is 123. The van der Waals surface area contributed by atoms with E-state index in [0.29, 0.717) is 0 Å². The first kappa shape index (κ1) is 4.73. The van der Waals surface area contributed by atoms with Crippen LogP contribution in [0, 0.1) is 0 Å². The van der Waals surface area contributed by atoms with E-state index in [1.807, 2.05) is 6.07 Å². The van der Waals surface area contributed by atoms with Crippen molar-refractivity contribution in [1.29, 1.82) is 0 Å². The van der Waals surface area contributed by atoms with E-state index in [9.17, 15) is 0 Å². The van der Waals surface area contributed by atoms with Crippen LogP contribution in [0.1, 0.15) is 0 Å². The molecule has 0 spiro atoms. The van der Waals surface area contributed by atoms with Crippen LogP contribution in [-0.2, 0) is 0 Å². The Morgan fingerprint density at radius 1 is 1.71 bits per heavy atom. The molecule has 1 heterocycles. The largest absolute Gasteiger partial charge is 0.496 e. The van der Waals surface area contributed by atoms with Crippen LogP contribution >= 0.6 is 8.19 Å². The van der Waals surface area contributed by atoms with Crippen molar-refractivity contribution in [3.63, 3.8) is 0 Å². The van der Waals surface area contributed by atoms with Gasteiger partial charge in [-0.2, -0.15) is 0 Å². The van der Waals surface area contributed by atoms with E-state index in [2.05, 4.69) is 11.6 Å². The van der Waals surface area contributed by atoms with Crippen molar-refractivity contribution in [2.75, 3.05) is 7.11 Å². The summed E-state index contributed by atoms with van der Waals surface area (Å²) in [7, 11) is 2.51. The summed E-state index contributed by atoms with van der Waals surface area (Å²) in [5.74, 6) is 5.16. The molecule has 0 saturated heterocycles. The van der Waals surface area contributed by atoms with E-state index < -0.39 is 0 Å². The molecule has 7 heavy (non-hydrogen) atoms. The fourth-order valence-corrected chi connectivity index (χ4v) is 1.17. The molecule has 1 atom stereocenters. The van der Waals surface area contributed by atoms with Crippen LogP contribution in [0.2, 0.25) is 0 Å². The summed E-state index contributed by atoms with van der Waals surface area (Å²) in [4.78, 5) is 0.